The highest BCUT2D eigenvalue weighted by atomic mass is 16.6. The Morgan fingerprint density at radius 3 is 2.26 bits per heavy atom. The minimum Gasteiger partial charge on any atom is -0.480 e. The van der Waals surface area contributed by atoms with Gasteiger partial charge in [0.25, 0.3) is 0 Å². The maximum atomic E-state index is 12.7. The van der Waals surface area contributed by atoms with Gasteiger partial charge in [-0.25, -0.2) is 9.59 Å². The molecule has 0 radical (unpaired) electrons. The lowest BCUT2D eigenvalue weighted by atomic mass is 10.0. The van der Waals surface area contributed by atoms with Crippen molar-refractivity contribution in [2.24, 2.45) is 0 Å². The lowest BCUT2D eigenvalue weighted by Gasteiger charge is -2.45. The maximum Gasteiger partial charge on any atom is 0.410 e. The van der Waals surface area contributed by atoms with Gasteiger partial charge in [0.1, 0.15) is 11.1 Å². The highest BCUT2D eigenvalue weighted by molar-refractivity contribution is 6.06. The van der Waals surface area contributed by atoms with Crippen molar-refractivity contribution >= 4 is 28.7 Å². The molecule has 168 valence electrons. The molecule has 1 aliphatic heterocycles. The molecule has 0 unspecified atom stereocenters. The van der Waals surface area contributed by atoms with Crippen LogP contribution < -0.4 is 9.64 Å². The Morgan fingerprint density at radius 2 is 1.71 bits per heavy atom. The molecule has 0 saturated carbocycles. The monoisotopic (exact) mass is 430 g/mol. The van der Waals surface area contributed by atoms with Crippen molar-refractivity contribution in [1.29, 1.82) is 0 Å². The summed E-state index contributed by atoms with van der Waals surface area (Å²) < 4.78 is 15.7. The molecule has 9 nitrogen and oxygen atoms in total. The van der Waals surface area contributed by atoms with Crippen LogP contribution in [-0.2, 0) is 9.47 Å². The molecule has 1 aromatic heterocycles. The zero-order chi connectivity index (χ0) is 22.9. The zero-order valence-electron chi connectivity index (χ0n) is 19.1. The van der Waals surface area contributed by atoms with Crippen LogP contribution in [0.15, 0.2) is 18.2 Å². The second-order valence-corrected chi connectivity index (χ2v) is 8.76. The summed E-state index contributed by atoms with van der Waals surface area (Å²) in [6, 6.07) is 5.18. The Labute approximate surface area is 182 Å². The van der Waals surface area contributed by atoms with E-state index in [0.717, 1.165) is 11.1 Å². The fraction of sp³-hybridized carbons (Fsp3) is 0.545. The predicted molar refractivity (Wildman–Crippen MR) is 117 cm³/mol. The van der Waals surface area contributed by atoms with Gasteiger partial charge in [0, 0.05) is 30.2 Å². The number of ether oxygens (including phenoxy) is 3. The number of amides is 1. The van der Waals surface area contributed by atoms with Crippen LogP contribution in [0.4, 0.5) is 10.5 Å². The zero-order valence-corrected chi connectivity index (χ0v) is 19.1. The first-order valence-electron chi connectivity index (χ1n) is 10.2. The molecule has 9 heteroatoms. The van der Waals surface area contributed by atoms with Gasteiger partial charge in [-0.05, 0) is 46.8 Å². The quantitative estimate of drug-likeness (QED) is 0.685. The molecule has 1 fully saturated rings. The number of nitrogens with zero attached hydrogens (tertiary/aromatic N) is 4. The van der Waals surface area contributed by atoms with Crippen LogP contribution in [-0.4, -0.2) is 72.2 Å². The number of carbonyl (C=O) groups is 2. The van der Waals surface area contributed by atoms with Crippen molar-refractivity contribution in [2.45, 2.75) is 52.3 Å². The SMILES string of the molecule is COC(=O)c1ccc(N2C[C@@H](C)N(C(=O)OC(C)(C)C)[C@@H](C)C2)c2cc(OC)nnc12. The number of methoxy groups -OCH3 is 2. The summed E-state index contributed by atoms with van der Waals surface area (Å²) in [4.78, 5) is 28.9. The predicted octanol–water partition coefficient (Wildman–Crippen LogP) is 3.26. The van der Waals surface area contributed by atoms with Crippen LogP contribution in [0.2, 0.25) is 0 Å². The van der Waals surface area contributed by atoms with E-state index in [1.165, 1.54) is 14.2 Å². The molecule has 1 aliphatic rings. The molecule has 0 N–H and O–H groups in total. The highest BCUT2D eigenvalue weighted by Gasteiger charge is 2.36. The number of piperazine rings is 1. The third-order valence-corrected chi connectivity index (χ3v) is 5.19. The average Bonchev–Trinajstić information content (AvgIpc) is 2.69. The number of rotatable bonds is 3. The molecule has 0 aliphatic carbocycles. The van der Waals surface area contributed by atoms with E-state index in [9.17, 15) is 9.59 Å². The smallest absolute Gasteiger partial charge is 0.410 e. The number of hydrogen-bond donors (Lipinski definition) is 0. The van der Waals surface area contributed by atoms with Gasteiger partial charge in [-0.1, -0.05) is 0 Å². The third-order valence-electron chi connectivity index (χ3n) is 5.19. The van der Waals surface area contributed by atoms with Crippen LogP contribution in [0.3, 0.4) is 0 Å². The number of benzene rings is 1. The van der Waals surface area contributed by atoms with Crippen LogP contribution in [0.1, 0.15) is 45.0 Å². The molecule has 1 saturated heterocycles. The summed E-state index contributed by atoms with van der Waals surface area (Å²) in [6.45, 7) is 10.8. The third kappa shape index (κ3) is 4.65. The standard InChI is InChI=1S/C22H30N4O5/c1-13-11-25(12-14(2)26(13)21(28)31-22(3,4)5)17-9-8-15(20(27)30-7)19-16(17)10-18(29-6)23-24-19/h8-10,13-14H,11-12H2,1-7H3/t13-,14+. The Bertz CT molecular complexity index is 976. The molecule has 2 aromatic rings. The second-order valence-electron chi connectivity index (χ2n) is 8.76. The molecule has 31 heavy (non-hydrogen) atoms. The number of anilines is 1. The summed E-state index contributed by atoms with van der Waals surface area (Å²) in [6.07, 6.45) is -0.314. The molecule has 3 rings (SSSR count). The molecule has 2 atom stereocenters. The van der Waals surface area contributed by atoms with E-state index in [1.807, 2.05) is 40.7 Å². The first kappa shape index (κ1) is 22.6. The van der Waals surface area contributed by atoms with Crippen molar-refractivity contribution < 1.29 is 23.8 Å². The van der Waals surface area contributed by atoms with E-state index in [4.69, 9.17) is 14.2 Å². The van der Waals surface area contributed by atoms with E-state index < -0.39 is 11.6 Å². The number of fused-ring (bicyclic) bond motifs is 1. The van der Waals surface area contributed by atoms with Gasteiger partial charge in [-0.2, -0.15) is 0 Å². The Morgan fingerprint density at radius 1 is 1.06 bits per heavy atom. The van der Waals surface area contributed by atoms with Crippen LogP contribution >= 0.6 is 0 Å². The van der Waals surface area contributed by atoms with E-state index in [1.54, 1.807) is 17.0 Å². The lowest BCUT2D eigenvalue weighted by molar-refractivity contribution is 0.00566. The molecule has 0 spiro atoms. The highest BCUT2D eigenvalue weighted by Crippen LogP contribution is 2.33. The van der Waals surface area contributed by atoms with Crippen molar-refractivity contribution in [3.63, 3.8) is 0 Å². The van der Waals surface area contributed by atoms with E-state index in [0.29, 0.717) is 30.0 Å². The summed E-state index contributed by atoms with van der Waals surface area (Å²) in [5, 5.41) is 8.97. The number of esters is 1. The normalized spacial score (nSPS) is 19.3. The molecule has 1 aromatic carbocycles. The first-order valence-corrected chi connectivity index (χ1v) is 10.2. The minimum atomic E-state index is -0.553. The average molecular weight is 431 g/mol. The molecule has 0 bridgehead atoms. The summed E-state index contributed by atoms with van der Waals surface area (Å²) in [5.74, 6) is -0.128. The van der Waals surface area contributed by atoms with Crippen LogP contribution in [0.5, 0.6) is 5.88 Å². The van der Waals surface area contributed by atoms with Crippen molar-refractivity contribution in [3.05, 3.63) is 23.8 Å². The maximum absolute atomic E-state index is 12.7. The topological polar surface area (TPSA) is 94.1 Å². The van der Waals surface area contributed by atoms with Gasteiger partial charge in [-0.3, -0.25) is 4.90 Å². The lowest BCUT2D eigenvalue weighted by Crippen LogP contribution is -2.59. The van der Waals surface area contributed by atoms with Gasteiger partial charge in [0.2, 0.25) is 5.88 Å². The molecular weight excluding hydrogens is 400 g/mol. The first-order chi connectivity index (χ1) is 14.6. The van der Waals surface area contributed by atoms with Crippen LogP contribution in [0.25, 0.3) is 10.9 Å². The molecule has 2 heterocycles. The number of hydrogen-bond acceptors (Lipinski definition) is 8. The number of aromatic nitrogens is 2. The van der Waals surface area contributed by atoms with E-state index in [2.05, 4.69) is 15.1 Å². The van der Waals surface area contributed by atoms with Crippen molar-refractivity contribution in [3.8, 4) is 5.88 Å². The molecular formula is C22H30N4O5. The van der Waals surface area contributed by atoms with Gasteiger partial charge >= 0.3 is 12.1 Å². The Kier molecular flexibility index (Phi) is 6.24. The summed E-state index contributed by atoms with van der Waals surface area (Å²) in [5.41, 5.74) is 1.12. The summed E-state index contributed by atoms with van der Waals surface area (Å²) >= 11 is 0. The van der Waals surface area contributed by atoms with Gasteiger partial charge in [-0.15, -0.1) is 10.2 Å². The fourth-order valence-electron chi connectivity index (χ4n) is 3.94. The van der Waals surface area contributed by atoms with E-state index in [-0.39, 0.29) is 18.2 Å². The Balaban J connectivity index is 1.97. The van der Waals surface area contributed by atoms with Gasteiger partial charge in [0.05, 0.1) is 31.9 Å². The fourth-order valence-corrected chi connectivity index (χ4v) is 3.94. The number of carbonyl (C=O) groups excluding carboxylic acids is 2. The minimum absolute atomic E-state index is 0.0781. The molecule has 1 amide bonds. The second kappa shape index (κ2) is 8.56. The summed E-state index contributed by atoms with van der Waals surface area (Å²) in [7, 11) is 2.85. The van der Waals surface area contributed by atoms with Gasteiger partial charge in [0.15, 0.2) is 0 Å². The van der Waals surface area contributed by atoms with Gasteiger partial charge < -0.3 is 19.1 Å². The largest absolute Gasteiger partial charge is 0.480 e. The Hall–Kier alpha value is -3.10. The van der Waals surface area contributed by atoms with Crippen molar-refractivity contribution in [2.75, 3.05) is 32.2 Å². The van der Waals surface area contributed by atoms with Crippen molar-refractivity contribution in [1.82, 2.24) is 15.1 Å². The van der Waals surface area contributed by atoms with Crippen LogP contribution in [0, 0.1) is 0 Å². The van der Waals surface area contributed by atoms with E-state index >= 15 is 0 Å².